The Morgan fingerprint density at radius 1 is 0.604 bits per heavy atom. The molecular formula is C45H55KO7. The van der Waals surface area contributed by atoms with Gasteiger partial charge in [0.15, 0.2) is 0 Å². The van der Waals surface area contributed by atoms with Gasteiger partial charge in [-0.25, -0.2) is 9.59 Å². The van der Waals surface area contributed by atoms with Crippen LogP contribution in [0.3, 0.4) is 0 Å². The number of carboxylic acid groups (broad SMARTS) is 1. The number of carbonyl (C=O) groups is 2. The van der Waals surface area contributed by atoms with Crippen LogP contribution in [0, 0.1) is 0 Å². The summed E-state index contributed by atoms with van der Waals surface area (Å²) in [6, 6.07) is 36.2. The molecule has 53 heavy (non-hydrogen) atoms. The second kappa shape index (κ2) is 26.7. The number of carbonyl (C=O) groups excluding carboxylic acids is 1. The molecule has 4 aromatic carbocycles. The molecule has 0 aliphatic rings. The van der Waals surface area contributed by atoms with Gasteiger partial charge in [0.2, 0.25) is 0 Å². The third-order valence-electron chi connectivity index (χ3n) is 7.57. The molecular weight excluding hydrogens is 692 g/mol. The second-order valence-electron chi connectivity index (χ2n) is 12.3. The zero-order valence-corrected chi connectivity index (χ0v) is 33.5. The number of carboxylic acids is 1. The number of rotatable bonds is 14. The van der Waals surface area contributed by atoms with Gasteiger partial charge >= 0.3 is 63.3 Å². The van der Waals surface area contributed by atoms with Crippen LogP contribution in [0.5, 0.6) is 11.5 Å². The van der Waals surface area contributed by atoms with Crippen molar-refractivity contribution in [3.63, 3.8) is 0 Å². The number of methoxy groups -OCH3 is 1. The monoisotopic (exact) mass is 746 g/mol. The van der Waals surface area contributed by atoms with E-state index in [1.807, 2.05) is 115 Å². The zero-order valence-electron chi connectivity index (χ0n) is 30.4. The van der Waals surface area contributed by atoms with Crippen molar-refractivity contribution in [2.75, 3.05) is 7.11 Å². The summed E-state index contributed by atoms with van der Waals surface area (Å²) in [5.74, 6) is 0.347. The van der Waals surface area contributed by atoms with Gasteiger partial charge < -0.3 is 24.8 Å². The molecule has 0 amide bonds. The zero-order chi connectivity index (χ0) is 35.5. The number of benzene rings is 4. The molecule has 0 spiro atoms. The molecule has 2 N–H and O–H groups in total. The predicted octanol–water partition coefficient (Wildman–Crippen LogP) is 7.67. The van der Waals surface area contributed by atoms with E-state index in [1.54, 1.807) is 12.2 Å². The predicted molar refractivity (Wildman–Crippen MR) is 212 cm³/mol. The number of esters is 1. The third-order valence-corrected chi connectivity index (χ3v) is 7.57. The number of hydrogen-bond acceptors (Lipinski definition) is 6. The summed E-state index contributed by atoms with van der Waals surface area (Å²) in [4.78, 5) is 21.6. The summed E-state index contributed by atoms with van der Waals surface area (Å²) < 4.78 is 16.3. The van der Waals surface area contributed by atoms with Gasteiger partial charge in [-0.2, -0.15) is 0 Å². The van der Waals surface area contributed by atoms with Crippen LogP contribution in [-0.4, -0.2) is 29.6 Å². The Hall–Kier alpha value is -4.02. The van der Waals surface area contributed by atoms with Crippen molar-refractivity contribution in [2.24, 2.45) is 0 Å². The first kappa shape index (κ1) is 51.1. The van der Waals surface area contributed by atoms with Crippen molar-refractivity contribution in [3.05, 3.63) is 180 Å². The molecule has 0 aliphatic carbocycles. The molecule has 0 aliphatic heterocycles. The molecule has 0 atom stereocenters. The maximum atomic E-state index is 11.1. The maximum absolute atomic E-state index is 11.1. The SMILES string of the molecule is C.C.CC(C)(/C=C/C=C/C(=O)O)c1cccc(OCc2ccccc2)c1.COC(=O)/C=C/C=C/C(C)(C)c1cccc(OCc2ccccc2)c1.[K+].[OH-]. The second-order valence-corrected chi connectivity index (χ2v) is 12.3. The maximum Gasteiger partial charge on any atom is 1.00 e. The minimum Gasteiger partial charge on any atom is -0.870 e. The van der Waals surface area contributed by atoms with E-state index in [2.05, 4.69) is 44.6 Å². The summed E-state index contributed by atoms with van der Waals surface area (Å²) in [6.45, 7) is 9.46. The molecule has 7 nitrogen and oxygen atoms in total. The van der Waals surface area contributed by atoms with E-state index < -0.39 is 5.97 Å². The van der Waals surface area contributed by atoms with E-state index in [-0.39, 0.29) is 88.5 Å². The van der Waals surface area contributed by atoms with Gasteiger partial charge in [-0.3, -0.25) is 0 Å². The summed E-state index contributed by atoms with van der Waals surface area (Å²) in [5.41, 5.74) is 4.09. The van der Waals surface area contributed by atoms with Crippen molar-refractivity contribution in [3.8, 4) is 11.5 Å². The Bertz CT molecular complexity index is 1740. The first-order valence-electron chi connectivity index (χ1n) is 16.1. The Kier molecular flexibility index (Phi) is 25.7. The molecule has 0 bridgehead atoms. The van der Waals surface area contributed by atoms with Gasteiger partial charge in [0.1, 0.15) is 24.7 Å². The fourth-order valence-corrected chi connectivity index (χ4v) is 4.58. The van der Waals surface area contributed by atoms with Gasteiger partial charge in [-0.1, -0.05) is 164 Å². The van der Waals surface area contributed by atoms with E-state index in [9.17, 15) is 9.59 Å². The van der Waals surface area contributed by atoms with Crippen LogP contribution in [-0.2, 0) is 38.4 Å². The largest absolute Gasteiger partial charge is 1.00 e. The summed E-state index contributed by atoms with van der Waals surface area (Å²) in [5, 5.41) is 8.61. The molecule has 8 heteroatoms. The normalized spacial score (nSPS) is 11.0. The van der Waals surface area contributed by atoms with Crippen molar-refractivity contribution in [2.45, 2.75) is 66.6 Å². The summed E-state index contributed by atoms with van der Waals surface area (Å²) >= 11 is 0. The first-order chi connectivity index (χ1) is 23.5. The molecule has 0 heterocycles. The van der Waals surface area contributed by atoms with E-state index in [4.69, 9.17) is 14.6 Å². The van der Waals surface area contributed by atoms with Gasteiger partial charge in [0.25, 0.3) is 0 Å². The number of allylic oxidation sites excluding steroid dienone is 6. The summed E-state index contributed by atoms with van der Waals surface area (Å²) in [7, 11) is 1.36. The topological polar surface area (TPSA) is 112 Å². The van der Waals surface area contributed by atoms with Crippen molar-refractivity contribution in [1.82, 2.24) is 0 Å². The fraction of sp³-hybridized carbons (Fsp3) is 0.244. The fourth-order valence-electron chi connectivity index (χ4n) is 4.58. The molecule has 278 valence electrons. The van der Waals surface area contributed by atoms with E-state index in [1.165, 1.54) is 19.3 Å². The molecule has 0 unspecified atom stereocenters. The number of ether oxygens (including phenoxy) is 3. The Morgan fingerprint density at radius 3 is 1.38 bits per heavy atom. The third kappa shape index (κ3) is 19.6. The van der Waals surface area contributed by atoms with Crippen LogP contribution < -0.4 is 60.9 Å². The number of aliphatic carboxylic acids is 1. The molecule has 0 radical (unpaired) electrons. The average molecular weight is 747 g/mol. The average Bonchev–Trinajstić information content (AvgIpc) is 3.11. The molecule has 0 fully saturated rings. The number of hydrogen-bond donors (Lipinski definition) is 1. The first-order valence-corrected chi connectivity index (χ1v) is 16.1. The standard InChI is InChI=1S/C22H24O3.C21H22O3.2CH4.K.H2O/c1-22(2,15-8-7-14-21(23)24-3)19-12-9-13-20(16-19)25-17-18-10-5-4-6-11-18;1-21(2,14-7-6-13-20(22)23)18-11-8-12-19(15-18)24-16-17-9-4-3-5-10-17;;;;/h4-16H,17H2,1-3H3;3-15H,16H2,1-2H3,(H,22,23);2*1H4;;1H2/q;;;;+1;/p-1/b14-7+,15-8+;13-6+,14-7+;;;;. The van der Waals surface area contributed by atoms with Gasteiger partial charge in [-0.05, 0) is 46.5 Å². The Morgan fingerprint density at radius 2 is 1.00 bits per heavy atom. The van der Waals surface area contributed by atoms with Crippen molar-refractivity contribution >= 4 is 11.9 Å². The van der Waals surface area contributed by atoms with Crippen LogP contribution in [0.2, 0.25) is 0 Å². The van der Waals surface area contributed by atoms with E-state index in [0.29, 0.717) is 13.2 Å². The Balaban J connectivity index is 0. The van der Waals surface area contributed by atoms with Crippen LogP contribution in [0.15, 0.2) is 158 Å². The van der Waals surface area contributed by atoms with Crippen LogP contribution >= 0.6 is 0 Å². The van der Waals surface area contributed by atoms with Gasteiger partial charge in [-0.15, -0.1) is 0 Å². The van der Waals surface area contributed by atoms with Gasteiger partial charge in [0, 0.05) is 23.0 Å². The van der Waals surface area contributed by atoms with E-state index in [0.717, 1.165) is 39.8 Å². The minimum atomic E-state index is -0.950. The van der Waals surface area contributed by atoms with Crippen LogP contribution in [0.1, 0.15) is 64.8 Å². The molecule has 0 saturated heterocycles. The molecule has 4 aromatic rings. The smallest absolute Gasteiger partial charge is 0.870 e. The summed E-state index contributed by atoms with van der Waals surface area (Å²) in [6.07, 6.45) is 13.4. The van der Waals surface area contributed by atoms with E-state index >= 15 is 0 Å². The molecule has 0 aromatic heterocycles. The Labute approximate surface area is 359 Å². The van der Waals surface area contributed by atoms with Gasteiger partial charge in [0.05, 0.1) is 7.11 Å². The van der Waals surface area contributed by atoms with Crippen LogP contribution in [0.4, 0.5) is 0 Å². The molecule has 4 rings (SSSR count). The van der Waals surface area contributed by atoms with Crippen LogP contribution in [0.25, 0.3) is 0 Å². The molecule has 0 saturated carbocycles. The minimum absolute atomic E-state index is 0. The van der Waals surface area contributed by atoms with Crippen molar-refractivity contribution in [1.29, 1.82) is 0 Å². The quantitative estimate of drug-likeness (QED) is 0.0610. The van der Waals surface area contributed by atoms with Crippen molar-refractivity contribution < 1.29 is 85.8 Å².